The van der Waals surface area contributed by atoms with E-state index in [4.69, 9.17) is 4.52 Å². The highest BCUT2D eigenvalue weighted by Gasteiger charge is 2.58. The van der Waals surface area contributed by atoms with Crippen molar-refractivity contribution in [2.75, 3.05) is 18.8 Å². The molecule has 156 valence electrons. The molecule has 0 radical (unpaired) electrons. The first-order valence-electron chi connectivity index (χ1n) is 9.74. The topological polar surface area (TPSA) is 118 Å². The summed E-state index contributed by atoms with van der Waals surface area (Å²) >= 11 is 0. The van der Waals surface area contributed by atoms with E-state index in [0.717, 1.165) is 5.56 Å². The average Bonchev–Trinajstić information content (AvgIpc) is 3.33. The van der Waals surface area contributed by atoms with Gasteiger partial charge in [-0.2, -0.15) is 4.98 Å². The quantitative estimate of drug-likeness (QED) is 0.773. The van der Waals surface area contributed by atoms with Gasteiger partial charge in [-0.15, -0.1) is 0 Å². The Morgan fingerprint density at radius 3 is 2.83 bits per heavy atom. The second kappa shape index (κ2) is 7.17. The summed E-state index contributed by atoms with van der Waals surface area (Å²) < 4.78 is 32.5. The molecule has 1 saturated carbocycles. The lowest BCUT2D eigenvalue weighted by Gasteiger charge is -2.25. The number of nitrogens with zero attached hydrogens (tertiary/aromatic N) is 4. The van der Waals surface area contributed by atoms with Gasteiger partial charge in [0.1, 0.15) is 0 Å². The first kappa shape index (κ1) is 20.0. The minimum atomic E-state index is -3.32. The molecule has 4 rings (SSSR count). The summed E-state index contributed by atoms with van der Waals surface area (Å²) in [5.41, 5.74) is 0.923. The van der Waals surface area contributed by atoms with Crippen molar-refractivity contribution in [3.05, 3.63) is 41.3 Å². The smallest absolute Gasteiger partial charge is 0.255 e. The van der Waals surface area contributed by atoms with Gasteiger partial charge in [0.15, 0.2) is 5.82 Å². The number of carbonyl (C=O) groups is 1. The van der Waals surface area contributed by atoms with Crippen molar-refractivity contribution in [3.63, 3.8) is 0 Å². The fourth-order valence-electron chi connectivity index (χ4n) is 4.64. The van der Waals surface area contributed by atoms with E-state index in [1.807, 2.05) is 13.0 Å². The summed E-state index contributed by atoms with van der Waals surface area (Å²) in [6, 6.07) is 1.61. The van der Waals surface area contributed by atoms with Crippen LogP contribution in [0, 0.1) is 19.8 Å². The van der Waals surface area contributed by atoms with Crippen LogP contribution in [0.15, 0.2) is 23.0 Å². The molecule has 9 nitrogen and oxygen atoms in total. The van der Waals surface area contributed by atoms with Crippen LogP contribution < -0.4 is 4.72 Å². The van der Waals surface area contributed by atoms with Crippen molar-refractivity contribution < 1.29 is 17.7 Å². The summed E-state index contributed by atoms with van der Waals surface area (Å²) in [7, 11) is -3.32. The number of hydrogen-bond donors (Lipinski definition) is 1. The van der Waals surface area contributed by atoms with Gasteiger partial charge in [0.2, 0.25) is 15.9 Å². The fourth-order valence-corrected chi connectivity index (χ4v) is 5.49. The Morgan fingerprint density at radius 1 is 1.38 bits per heavy atom. The summed E-state index contributed by atoms with van der Waals surface area (Å²) in [4.78, 5) is 23.4. The van der Waals surface area contributed by atoms with E-state index >= 15 is 0 Å². The van der Waals surface area contributed by atoms with Crippen LogP contribution in [0.5, 0.6) is 0 Å². The third-order valence-electron chi connectivity index (χ3n) is 5.96. The number of nitrogens with one attached hydrogen (secondary N) is 1. The van der Waals surface area contributed by atoms with Crippen molar-refractivity contribution in [3.8, 4) is 0 Å². The van der Waals surface area contributed by atoms with Crippen LogP contribution in [-0.4, -0.2) is 59.2 Å². The Bertz CT molecular complexity index is 1040. The second-order valence-electron chi connectivity index (χ2n) is 8.09. The van der Waals surface area contributed by atoms with Crippen molar-refractivity contribution in [2.45, 2.75) is 45.1 Å². The van der Waals surface area contributed by atoms with E-state index in [0.29, 0.717) is 43.2 Å². The number of amides is 1. The van der Waals surface area contributed by atoms with E-state index in [1.54, 1.807) is 31.1 Å². The number of fused-ring (bicyclic) bond motifs is 1. The maximum atomic E-state index is 13.1. The van der Waals surface area contributed by atoms with Crippen LogP contribution in [0.3, 0.4) is 0 Å². The number of rotatable bonds is 5. The number of aryl methyl sites for hydroxylation is 2. The van der Waals surface area contributed by atoms with Gasteiger partial charge < -0.3 is 9.42 Å². The van der Waals surface area contributed by atoms with Gasteiger partial charge in [0.05, 0.1) is 16.7 Å². The van der Waals surface area contributed by atoms with Crippen LogP contribution in [0.25, 0.3) is 0 Å². The number of aromatic nitrogens is 3. The first-order chi connectivity index (χ1) is 13.7. The average molecular weight is 420 g/mol. The molecule has 3 heterocycles. The predicted octanol–water partition coefficient (Wildman–Crippen LogP) is 1.19. The normalized spacial score (nSPS) is 26.7. The second-order valence-corrected chi connectivity index (χ2v) is 10.1. The SMILES string of the molecule is CCS(=O)(=O)N[C@@H]1CC2CN(C(=O)c3cncc(C)c3)C[C@@]2(c2nc(C)no2)C1. The number of pyridine rings is 1. The first-order valence-corrected chi connectivity index (χ1v) is 11.4. The van der Waals surface area contributed by atoms with E-state index < -0.39 is 15.4 Å². The molecule has 1 N–H and O–H groups in total. The molecule has 2 aromatic rings. The molecule has 29 heavy (non-hydrogen) atoms. The van der Waals surface area contributed by atoms with Gasteiger partial charge in [-0.25, -0.2) is 13.1 Å². The highest BCUT2D eigenvalue weighted by Crippen LogP contribution is 2.50. The zero-order valence-corrected chi connectivity index (χ0v) is 17.6. The minimum Gasteiger partial charge on any atom is -0.339 e. The highest BCUT2D eigenvalue weighted by atomic mass is 32.2. The maximum absolute atomic E-state index is 13.1. The maximum Gasteiger partial charge on any atom is 0.255 e. The zero-order chi connectivity index (χ0) is 20.8. The molecule has 1 unspecified atom stereocenters. The third-order valence-corrected chi connectivity index (χ3v) is 7.42. The van der Waals surface area contributed by atoms with Crippen molar-refractivity contribution >= 4 is 15.9 Å². The molecule has 0 spiro atoms. The monoisotopic (exact) mass is 419 g/mol. The van der Waals surface area contributed by atoms with E-state index in [2.05, 4.69) is 19.8 Å². The molecular formula is C19H25N5O4S. The zero-order valence-electron chi connectivity index (χ0n) is 16.8. The van der Waals surface area contributed by atoms with Crippen LogP contribution >= 0.6 is 0 Å². The van der Waals surface area contributed by atoms with Crippen molar-refractivity contribution in [1.29, 1.82) is 0 Å². The highest BCUT2D eigenvalue weighted by molar-refractivity contribution is 7.89. The van der Waals surface area contributed by atoms with Gasteiger partial charge in [-0.3, -0.25) is 9.78 Å². The van der Waals surface area contributed by atoms with Gasteiger partial charge >= 0.3 is 0 Å². The molecule has 1 amide bonds. The predicted molar refractivity (Wildman–Crippen MR) is 105 cm³/mol. The van der Waals surface area contributed by atoms with Gasteiger partial charge in [0.25, 0.3) is 5.91 Å². The van der Waals surface area contributed by atoms with Crippen LogP contribution in [0.1, 0.15) is 47.4 Å². The van der Waals surface area contributed by atoms with Crippen LogP contribution in [-0.2, 0) is 15.4 Å². The Morgan fingerprint density at radius 2 is 2.17 bits per heavy atom. The molecule has 1 aliphatic carbocycles. The van der Waals surface area contributed by atoms with Crippen LogP contribution in [0.4, 0.5) is 0 Å². The Kier molecular flexibility index (Phi) is 4.94. The molecule has 1 saturated heterocycles. The summed E-state index contributed by atoms with van der Waals surface area (Å²) in [5.74, 6) is 0.992. The standard InChI is InChI=1S/C19H25N5O4S/c1-4-29(26,27)23-16-6-15-10-24(17(25)14-5-12(2)8-20-9-14)11-19(15,7-16)18-21-13(3)22-28-18/h5,8-9,15-16,23H,4,6-7,10-11H2,1-3H3/t15?,16-,19+/m1/s1. The van der Waals surface area contributed by atoms with Gasteiger partial charge in [-0.1, -0.05) is 5.16 Å². The van der Waals surface area contributed by atoms with E-state index in [1.165, 1.54) is 0 Å². The van der Waals surface area contributed by atoms with Crippen LogP contribution in [0.2, 0.25) is 0 Å². The number of carbonyl (C=O) groups excluding carboxylic acids is 1. The number of likely N-dealkylation sites (tertiary alicyclic amines) is 1. The third kappa shape index (κ3) is 3.66. The van der Waals surface area contributed by atoms with E-state index in [-0.39, 0.29) is 23.6 Å². The summed E-state index contributed by atoms with van der Waals surface area (Å²) in [6.45, 7) is 6.19. The molecule has 10 heteroatoms. The molecule has 0 bridgehead atoms. The van der Waals surface area contributed by atoms with Crippen molar-refractivity contribution in [2.24, 2.45) is 5.92 Å². The lowest BCUT2D eigenvalue weighted by Crippen LogP contribution is -2.40. The minimum absolute atomic E-state index is 0.0335. The molecule has 0 aromatic carbocycles. The largest absolute Gasteiger partial charge is 0.339 e. The Labute approximate surface area is 169 Å². The van der Waals surface area contributed by atoms with Gasteiger partial charge in [0, 0.05) is 31.5 Å². The summed E-state index contributed by atoms with van der Waals surface area (Å²) in [5, 5.41) is 3.93. The Balaban J connectivity index is 1.62. The molecule has 2 aliphatic rings. The number of sulfonamides is 1. The molecular weight excluding hydrogens is 394 g/mol. The van der Waals surface area contributed by atoms with Gasteiger partial charge in [-0.05, 0) is 51.2 Å². The lowest BCUT2D eigenvalue weighted by molar-refractivity contribution is 0.0773. The molecule has 1 aliphatic heterocycles. The lowest BCUT2D eigenvalue weighted by atomic mass is 9.80. The molecule has 3 atom stereocenters. The van der Waals surface area contributed by atoms with Crippen molar-refractivity contribution in [1.82, 2.24) is 24.7 Å². The Hall–Kier alpha value is -2.33. The number of hydrogen-bond acceptors (Lipinski definition) is 7. The molecule has 2 aromatic heterocycles. The summed E-state index contributed by atoms with van der Waals surface area (Å²) in [6.07, 6.45) is 4.43. The molecule has 2 fully saturated rings. The van der Waals surface area contributed by atoms with E-state index in [9.17, 15) is 13.2 Å². The fraction of sp³-hybridized carbons (Fsp3) is 0.579.